The fourth-order valence-corrected chi connectivity index (χ4v) is 4.24. The minimum Gasteiger partial charge on any atom is -0.504 e. The molecule has 3 rings (SSSR count). The standard InChI is InChI=1S/C20H29N3O4/c1-27-17-4-2-3-16(18(17)24)13-22-9-5-15(6-10-22)20(26)23-11-7-14(8-12-23)19(21)25/h2-4,14-15,24H,5-13H2,1H3,(H2,21,25)/p+1. The Balaban J connectivity index is 1.49. The van der Waals surface area contributed by atoms with Crippen LogP contribution >= 0.6 is 0 Å². The highest BCUT2D eigenvalue weighted by Crippen LogP contribution is 2.29. The van der Waals surface area contributed by atoms with Gasteiger partial charge in [0.05, 0.1) is 25.8 Å². The van der Waals surface area contributed by atoms with Crippen molar-refractivity contribution in [2.24, 2.45) is 17.6 Å². The molecule has 0 atom stereocenters. The van der Waals surface area contributed by atoms with Gasteiger partial charge in [0.25, 0.3) is 0 Å². The van der Waals surface area contributed by atoms with Gasteiger partial charge in [0.2, 0.25) is 11.8 Å². The van der Waals surface area contributed by atoms with E-state index in [0.717, 1.165) is 38.0 Å². The van der Waals surface area contributed by atoms with Gasteiger partial charge in [-0.2, -0.15) is 0 Å². The van der Waals surface area contributed by atoms with Gasteiger partial charge in [-0.3, -0.25) is 9.59 Å². The summed E-state index contributed by atoms with van der Waals surface area (Å²) in [6, 6.07) is 5.56. The first kappa shape index (κ1) is 19.5. The predicted molar refractivity (Wildman–Crippen MR) is 100 cm³/mol. The molecule has 0 spiro atoms. The fourth-order valence-electron chi connectivity index (χ4n) is 4.24. The monoisotopic (exact) mass is 376 g/mol. The molecule has 0 aromatic heterocycles. The number of nitrogens with two attached hydrogens (primary N) is 1. The zero-order valence-corrected chi connectivity index (χ0v) is 15.9. The maximum Gasteiger partial charge on any atom is 0.226 e. The molecule has 148 valence electrons. The van der Waals surface area contributed by atoms with Crippen molar-refractivity contribution >= 4 is 11.8 Å². The number of benzene rings is 1. The van der Waals surface area contributed by atoms with Crippen molar-refractivity contribution in [1.29, 1.82) is 0 Å². The van der Waals surface area contributed by atoms with Crippen LogP contribution in [0, 0.1) is 11.8 Å². The van der Waals surface area contributed by atoms with E-state index in [1.165, 1.54) is 4.90 Å². The Labute approximate surface area is 160 Å². The van der Waals surface area contributed by atoms with E-state index in [1.54, 1.807) is 13.2 Å². The number of phenols is 1. The van der Waals surface area contributed by atoms with Crippen LogP contribution in [0.25, 0.3) is 0 Å². The zero-order chi connectivity index (χ0) is 19.4. The van der Waals surface area contributed by atoms with Gasteiger partial charge in [0, 0.05) is 37.8 Å². The van der Waals surface area contributed by atoms with Crippen molar-refractivity contribution in [3.8, 4) is 11.5 Å². The molecule has 27 heavy (non-hydrogen) atoms. The summed E-state index contributed by atoms with van der Waals surface area (Å²) in [6.07, 6.45) is 3.07. The van der Waals surface area contributed by atoms with Crippen molar-refractivity contribution in [1.82, 2.24) is 4.90 Å². The number of hydrogen-bond donors (Lipinski definition) is 3. The number of aromatic hydroxyl groups is 1. The van der Waals surface area contributed by atoms with E-state index in [4.69, 9.17) is 10.5 Å². The highest BCUT2D eigenvalue weighted by Gasteiger charge is 2.33. The predicted octanol–water partition coefficient (Wildman–Crippen LogP) is -0.0804. The topological polar surface area (TPSA) is 97.3 Å². The van der Waals surface area contributed by atoms with Gasteiger partial charge in [-0.15, -0.1) is 0 Å². The smallest absolute Gasteiger partial charge is 0.226 e. The largest absolute Gasteiger partial charge is 0.504 e. The lowest BCUT2D eigenvalue weighted by Crippen LogP contribution is -3.11. The average molecular weight is 376 g/mol. The summed E-state index contributed by atoms with van der Waals surface area (Å²) < 4.78 is 5.17. The quantitative estimate of drug-likeness (QED) is 0.670. The number of carbonyl (C=O) groups excluding carboxylic acids is 2. The molecule has 0 saturated carbocycles. The molecular weight excluding hydrogens is 346 g/mol. The van der Waals surface area contributed by atoms with Gasteiger partial charge in [-0.1, -0.05) is 6.07 Å². The number of methoxy groups -OCH3 is 1. The summed E-state index contributed by atoms with van der Waals surface area (Å²) in [4.78, 5) is 27.3. The number of rotatable bonds is 5. The van der Waals surface area contributed by atoms with Crippen LogP contribution in [-0.2, 0) is 16.1 Å². The fraction of sp³-hybridized carbons (Fsp3) is 0.600. The maximum atomic E-state index is 12.8. The summed E-state index contributed by atoms with van der Waals surface area (Å²) in [5.41, 5.74) is 6.25. The van der Waals surface area contributed by atoms with Crippen LogP contribution in [-0.4, -0.2) is 55.1 Å². The average Bonchev–Trinajstić information content (AvgIpc) is 2.69. The van der Waals surface area contributed by atoms with E-state index in [-0.39, 0.29) is 29.4 Å². The number of phenolic OH excluding ortho intramolecular Hbond substituents is 1. The third-order valence-electron chi connectivity index (χ3n) is 5.99. The van der Waals surface area contributed by atoms with Gasteiger partial charge in [-0.25, -0.2) is 0 Å². The lowest BCUT2D eigenvalue weighted by molar-refractivity contribution is -0.919. The lowest BCUT2D eigenvalue weighted by Gasteiger charge is -2.35. The number of primary amides is 1. The lowest BCUT2D eigenvalue weighted by atomic mass is 9.91. The molecule has 2 amide bonds. The van der Waals surface area contributed by atoms with Crippen molar-refractivity contribution < 1.29 is 24.3 Å². The van der Waals surface area contributed by atoms with Crippen LogP contribution in [0.1, 0.15) is 31.2 Å². The minimum atomic E-state index is -0.250. The second kappa shape index (κ2) is 8.61. The number of ether oxygens (including phenoxy) is 1. The van der Waals surface area contributed by atoms with E-state index < -0.39 is 0 Å². The summed E-state index contributed by atoms with van der Waals surface area (Å²) in [5.74, 6) is 0.661. The molecule has 4 N–H and O–H groups in total. The molecule has 0 aliphatic carbocycles. The molecule has 0 radical (unpaired) electrons. The summed E-state index contributed by atoms with van der Waals surface area (Å²) in [6.45, 7) is 3.82. The van der Waals surface area contributed by atoms with Crippen molar-refractivity contribution in [2.75, 3.05) is 33.3 Å². The first-order chi connectivity index (χ1) is 13.0. The van der Waals surface area contributed by atoms with Crippen LogP contribution in [0.5, 0.6) is 11.5 Å². The van der Waals surface area contributed by atoms with Gasteiger partial charge >= 0.3 is 0 Å². The van der Waals surface area contributed by atoms with Crippen LogP contribution in [0.15, 0.2) is 18.2 Å². The number of hydrogen-bond acceptors (Lipinski definition) is 4. The summed E-state index contributed by atoms with van der Waals surface area (Å²) >= 11 is 0. The number of quaternary nitrogens is 1. The van der Waals surface area contributed by atoms with Crippen LogP contribution in [0.4, 0.5) is 0 Å². The van der Waals surface area contributed by atoms with E-state index in [9.17, 15) is 14.7 Å². The minimum absolute atomic E-state index is 0.0674. The Kier molecular flexibility index (Phi) is 6.21. The third kappa shape index (κ3) is 4.53. The normalized spacial score (nSPS) is 23.8. The second-order valence-electron chi connectivity index (χ2n) is 7.67. The highest BCUT2D eigenvalue weighted by atomic mass is 16.5. The maximum absolute atomic E-state index is 12.8. The highest BCUT2D eigenvalue weighted by molar-refractivity contribution is 5.80. The van der Waals surface area contributed by atoms with Gasteiger partial charge in [-0.05, 0) is 25.0 Å². The number of amides is 2. The van der Waals surface area contributed by atoms with Gasteiger partial charge in [0.1, 0.15) is 6.54 Å². The van der Waals surface area contributed by atoms with Crippen LogP contribution in [0.2, 0.25) is 0 Å². The zero-order valence-electron chi connectivity index (χ0n) is 15.9. The van der Waals surface area contributed by atoms with Crippen molar-refractivity contribution in [2.45, 2.75) is 32.2 Å². The Hall–Kier alpha value is -2.28. The molecule has 2 saturated heterocycles. The Morgan fingerprint density at radius 1 is 1.19 bits per heavy atom. The summed E-state index contributed by atoms with van der Waals surface area (Å²) in [5, 5.41) is 10.3. The number of nitrogens with one attached hydrogen (secondary N) is 1. The molecule has 2 heterocycles. The van der Waals surface area contributed by atoms with Crippen LogP contribution in [0.3, 0.4) is 0 Å². The molecule has 7 nitrogen and oxygen atoms in total. The number of piperidine rings is 2. The summed E-state index contributed by atoms with van der Waals surface area (Å²) in [7, 11) is 1.55. The second-order valence-corrected chi connectivity index (χ2v) is 7.67. The molecular formula is C20H30N3O4+. The van der Waals surface area contributed by atoms with Crippen molar-refractivity contribution in [3.05, 3.63) is 23.8 Å². The molecule has 0 bridgehead atoms. The SMILES string of the molecule is COc1cccc(C[NH+]2CCC(C(=O)N3CCC(C(N)=O)CC3)CC2)c1O. The van der Waals surface area contributed by atoms with Gasteiger partial charge in [0.15, 0.2) is 11.5 Å². The molecule has 1 aromatic carbocycles. The van der Waals surface area contributed by atoms with E-state index in [2.05, 4.69) is 0 Å². The Morgan fingerprint density at radius 2 is 1.85 bits per heavy atom. The number of carbonyl (C=O) groups is 2. The number of nitrogens with zero attached hydrogens (tertiary/aromatic N) is 1. The Morgan fingerprint density at radius 3 is 2.44 bits per heavy atom. The van der Waals surface area contributed by atoms with Crippen molar-refractivity contribution in [3.63, 3.8) is 0 Å². The van der Waals surface area contributed by atoms with Gasteiger partial charge < -0.3 is 25.4 Å². The molecule has 2 aliphatic heterocycles. The molecule has 0 unspecified atom stereocenters. The molecule has 1 aromatic rings. The number of likely N-dealkylation sites (tertiary alicyclic amines) is 2. The Bertz CT molecular complexity index is 678. The van der Waals surface area contributed by atoms with E-state index >= 15 is 0 Å². The first-order valence-electron chi connectivity index (χ1n) is 9.76. The molecule has 2 fully saturated rings. The van der Waals surface area contributed by atoms with E-state index in [0.29, 0.717) is 31.7 Å². The molecule has 7 heteroatoms. The third-order valence-corrected chi connectivity index (χ3v) is 5.99. The van der Waals surface area contributed by atoms with Crippen LogP contribution < -0.4 is 15.4 Å². The molecule has 2 aliphatic rings. The number of para-hydroxylation sites is 1. The van der Waals surface area contributed by atoms with E-state index in [1.807, 2.05) is 17.0 Å². The first-order valence-corrected chi connectivity index (χ1v) is 9.76.